The van der Waals surface area contributed by atoms with Gasteiger partial charge in [0.15, 0.2) is 0 Å². The van der Waals surface area contributed by atoms with Gasteiger partial charge in [0.2, 0.25) is 0 Å². The van der Waals surface area contributed by atoms with Crippen molar-refractivity contribution in [3.8, 4) is 0 Å². The summed E-state index contributed by atoms with van der Waals surface area (Å²) in [6.45, 7) is 28.9. The Morgan fingerprint density at radius 3 is 1.07 bits per heavy atom. The van der Waals surface area contributed by atoms with E-state index in [0.29, 0.717) is 0 Å². The molecular formula is C35H64O9P2. The van der Waals surface area contributed by atoms with Gasteiger partial charge in [-0.25, -0.2) is 4.31 Å². The van der Waals surface area contributed by atoms with Gasteiger partial charge in [0.05, 0.1) is 30.8 Å². The quantitative estimate of drug-likeness (QED) is 0.132. The highest BCUT2D eigenvalue weighted by atomic mass is 31.2. The summed E-state index contributed by atoms with van der Waals surface area (Å²) in [5, 5.41) is 47.4. The van der Waals surface area contributed by atoms with E-state index in [0.717, 1.165) is 11.1 Å². The Bertz CT molecular complexity index is 1060. The Kier molecular flexibility index (Phi) is 13.9. The van der Waals surface area contributed by atoms with Crippen molar-refractivity contribution >= 4 is 17.2 Å². The van der Waals surface area contributed by atoms with Crippen LogP contribution in [0.2, 0.25) is 0 Å². The summed E-state index contributed by atoms with van der Waals surface area (Å²) in [6, 6.07) is 0. The van der Waals surface area contributed by atoms with Gasteiger partial charge in [-0.1, -0.05) is 145 Å². The number of hydrogen-bond acceptors (Lipinski definition) is 9. The largest absolute Gasteiger partial charge is 0.395 e. The van der Waals surface area contributed by atoms with Crippen LogP contribution in [0.5, 0.6) is 0 Å². The molecule has 46 heavy (non-hydrogen) atoms. The monoisotopic (exact) mass is 690 g/mol. The molecule has 8 N–H and O–H groups in total. The third kappa shape index (κ3) is 8.25. The molecule has 9 nitrogen and oxygen atoms in total. The van der Waals surface area contributed by atoms with Crippen LogP contribution in [0.25, 0.3) is 0 Å². The van der Waals surface area contributed by atoms with E-state index in [1.165, 1.54) is 0 Å². The van der Waals surface area contributed by atoms with Crippen LogP contribution in [0.1, 0.15) is 96.9 Å². The van der Waals surface area contributed by atoms with Crippen molar-refractivity contribution in [1.82, 2.24) is 0 Å². The number of aliphatic hydroxyl groups is 4. The molecule has 0 aromatic heterocycles. The Morgan fingerprint density at radius 1 is 0.609 bits per heavy atom. The third-order valence-electron chi connectivity index (χ3n) is 11.0. The van der Waals surface area contributed by atoms with E-state index in [9.17, 15) is 20.4 Å². The average Bonchev–Trinajstić information content (AvgIpc) is 2.86. The first-order valence-electron chi connectivity index (χ1n) is 15.9. The summed E-state index contributed by atoms with van der Waals surface area (Å²) >= 11 is 0. The molecule has 0 bridgehead atoms. The van der Waals surface area contributed by atoms with Crippen molar-refractivity contribution in [2.45, 2.75) is 103 Å². The van der Waals surface area contributed by atoms with E-state index in [2.05, 4.69) is 138 Å². The van der Waals surface area contributed by atoms with Gasteiger partial charge in [-0.2, -0.15) is 0 Å². The maximum Gasteiger partial charge on any atom is 0.334 e. The van der Waals surface area contributed by atoms with Crippen LogP contribution in [0.3, 0.4) is 0 Å². The molecule has 0 saturated heterocycles. The minimum Gasteiger partial charge on any atom is -0.395 e. The van der Waals surface area contributed by atoms with Crippen molar-refractivity contribution < 1.29 is 44.3 Å². The van der Waals surface area contributed by atoms with Gasteiger partial charge in [-0.15, -0.1) is 0 Å². The maximum atomic E-state index is 14.0. The maximum absolute atomic E-state index is 14.0. The molecule has 11 heteroatoms. The highest BCUT2D eigenvalue weighted by Gasteiger charge is 2.70. The Labute approximate surface area is 280 Å². The fourth-order valence-corrected chi connectivity index (χ4v) is 7.75. The van der Waals surface area contributed by atoms with E-state index in [1.807, 2.05) is 0 Å². The Morgan fingerprint density at radius 2 is 0.891 bits per heavy atom. The first kappa shape index (κ1) is 43.5. The van der Waals surface area contributed by atoms with Gasteiger partial charge < -0.3 is 40.0 Å². The summed E-state index contributed by atoms with van der Waals surface area (Å²) in [7, 11) is -5.22. The lowest BCUT2D eigenvalue weighted by atomic mass is 9.39. The summed E-state index contributed by atoms with van der Waals surface area (Å²) in [6.07, 6.45) is 12.8. The molecule has 0 aromatic rings. The molecule has 2 aliphatic carbocycles. The van der Waals surface area contributed by atoms with Crippen molar-refractivity contribution in [2.75, 3.05) is 19.8 Å². The van der Waals surface area contributed by atoms with Crippen LogP contribution < -0.4 is 0 Å². The van der Waals surface area contributed by atoms with Crippen LogP contribution >= 0.6 is 17.2 Å². The summed E-state index contributed by atoms with van der Waals surface area (Å²) < 4.78 is 3.60. The van der Waals surface area contributed by atoms with E-state index >= 15 is 0 Å². The first-order valence-corrected chi connectivity index (χ1v) is 18.2. The first-order chi connectivity index (χ1) is 20.5. The summed E-state index contributed by atoms with van der Waals surface area (Å²) in [5.74, 6) is -1.05. The zero-order valence-electron chi connectivity index (χ0n) is 30.6. The van der Waals surface area contributed by atoms with Gasteiger partial charge in [-0.05, 0) is 32.5 Å². The molecule has 4 atom stereocenters. The highest BCUT2D eigenvalue weighted by molar-refractivity contribution is 7.53. The van der Waals surface area contributed by atoms with Gasteiger partial charge in [0.25, 0.3) is 0 Å². The van der Waals surface area contributed by atoms with Gasteiger partial charge in [-0.3, -0.25) is 0 Å². The number of allylic oxidation sites excluding steroid dienone is 6. The van der Waals surface area contributed by atoms with Crippen LogP contribution in [-0.2, 0) is 4.31 Å². The van der Waals surface area contributed by atoms with Crippen LogP contribution in [0.15, 0.2) is 47.6 Å². The molecular weight excluding hydrogens is 626 g/mol. The third-order valence-corrected chi connectivity index (χ3v) is 12.2. The molecule has 0 radical (unpaired) electrons. The molecule has 2 rings (SSSR count). The predicted molar refractivity (Wildman–Crippen MR) is 188 cm³/mol. The Hall–Kier alpha value is -0.540. The normalized spacial score (nSPS) is 27.7. The lowest BCUT2D eigenvalue weighted by Gasteiger charge is -2.67. The predicted octanol–water partition coefficient (Wildman–Crippen LogP) is 6.53. The fraction of sp³-hybridized carbons (Fsp3) is 0.771. The lowest BCUT2D eigenvalue weighted by Crippen LogP contribution is -2.72. The van der Waals surface area contributed by atoms with Gasteiger partial charge in [0.1, 0.15) is 0 Å². The molecule has 0 spiro atoms. The minimum atomic E-state index is -2.61. The lowest BCUT2D eigenvalue weighted by molar-refractivity contribution is -0.245. The van der Waals surface area contributed by atoms with Crippen molar-refractivity contribution in [1.29, 1.82) is 0 Å². The van der Waals surface area contributed by atoms with Crippen LogP contribution in [-0.4, -0.2) is 65.4 Å². The van der Waals surface area contributed by atoms with E-state index in [-0.39, 0.29) is 21.7 Å². The molecule has 0 saturated carbocycles. The summed E-state index contributed by atoms with van der Waals surface area (Å²) in [4.78, 5) is 31.3. The van der Waals surface area contributed by atoms with E-state index in [4.69, 9.17) is 19.6 Å². The van der Waals surface area contributed by atoms with Crippen molar-refractivity contribution in [3.05, 3.63) is 47.6 Å². The topological polar surface area (TPSA) is 171 Å². The van der Waals surface area contributed by atoms with Crippen molar-refractivity contribution in [2.24, 2.45) is 49.7 Å². The molecule has 4 unspecified atom stereocenters. The Balaban J connectivity index is 0.00000135. The van der Waals surface area contributed by atoms with E-state index in [1.54, 1.807) is 0 Å². The van der Waals surface area contributed by atoms with E-state index < -0.39 is 70.7 Å². The molecule has 2 aliphatic rings. The molecule has 0 amide bonds. The number of rotatable bonds is 8. The average molecular weight is 691 g/mol. The standard InChI is InChI=1S/C35H60O4.H4O5P2/c1-28(2,3)24-17-15-19-32(13,30(7,8)9)26(24)35(39,34(21-36,22-37)23-38)27-25(29(4,5)6)18-16-20-33(27,14)31(10,11)12;1-6(2)5-7(3)4/h15-20,26-27,36-39H,21-23H2,1-14H3;1-4H. The van der Waals surface area contributed by atoms with Gasteiger partial charge >= 0.3 is 17.2 Å². The second kappa shape index (κ2) is 14.7. The van der Waals surface area contributed by atoms with Crippen molar-refractivity contribution in [3.63, 3.8) is 0 Å². The smallest absolute Gasteiger partial charge is 0.334 e. The second-order valence-electron chi connectivity index (χ2n) is 17.6. The number of aliphatic hydroxyl groups excluding tert-OH is 3. The van der Waals surface area contributed by atoms with Crippen LogP contribution in [0, 0.1) is 49.7 Å². The summed E-state index contributed by atoms with van der Waals surface area (Å²) in [5.41, 5.74) is -3.62. The van der Waals surface area contributed by atoms with Crippen LogP contribution in [0.4, 0.5) is 0 Å². The zero-order chi connectivity index (χ0) is 36.5. The SMILES string of the molecule is CC(C)(C)C1=CC=CC(C)(C(C)(C)C)C1C(O)(C1C(C(C)(C)C)=CC=CC1(C)C(C)(C)C)C(CO)(CO)CO.OP(O)OP(O)O. The van der Waals surface area contributed by atoms with Gasteiger partial charge in [0, 0.05) is 11.8 Å². The second-order valence-corrected chi connectivity index (χ2v) is 19.2. The zero-order valence-corrected chi connectivity index (χ0v) is 32.4. The molecule has 268 valence electrons. The molecule has 0 aliphatic heterocycles. The minimum absolute atomic E-state index is 0.298. The fourth-order valence-electron chi connectivity index (χ4n) is 7.23. The molecule has 0 aromatic carbocycles. The molecule has 0 fully saturated rings. The molecule has 0 heterocycles. The highest BCUT2D eigenvalue weighted by Crippen LogP contribution is 2.68. The number of hydrogen-bond donors (Lipinski definition) is 8.